The molecule has 0 radical (unpaired) electrons. The van der Waals surface area contributed by atoms with Gasteiger partial charge in [-0.25, -0.2) is 0 Å². The fourth-order valence-electron chi connectivity index (χ4n) is 2.67. The van der Waals surface area contributed by atoms with Gasteiger partial charge in [0.15, 0.2) is 0 Å². The van der Waals surface area contributed by atoms with Crippen molar-refractivity contribution in [2.24, 2.45) is 5.73 Å². The molecule has 1 atom stereocenters. The summed E-state index contributed by atoms with van der Waals surface area (Å²) >= 11 is 0. The van der Waals surface area contributed by atoms with Gasteiger partial charge in [0.2, 0.25) is 5.91 Å². The van der Waals surface area contributed by atoms with Gasteiger partial charge in [-0.05, 0) is 44.0 Å². The molecule has 1 aliphatic heterocycles. The highest BCUT2D eigenvalue weighted by molar-refractivity contribution is 5.86. The standard InChI is InChI=1S/C15H23N3O/c1-11-4-5-12(2)14(10-11)18-9-8-17(3)15(19)13(18)6-7-16/h4-5,10,13H,6-9,16H2,1-3H3. The Balaban J connectivity index is 2.35. The van der Waals surface area contributed by atoms with Crippen LogP contribution in [0.3, 0.4) is 0 Å². The largest absolute Gasteiger partial charge is 0.357 e. The first-order chi connectivity index (χ1) is 9.04. The van der Waals surface area contributed by atoms with E-state index >= 15 is 0 Å². The molecule has 0 aliphatic carbocycles. The van der Waals surface area contributed by atoms with Crippen molar-refractivity contribution in [3.8, 4) is 0 Å². The maximum Gasteiger partial charge on any atom is 0.245 e. The van der Waals surface area contributed by atoms with E-state index in [1.807, 2.05) is 11.9 Å². The Hall–Kier alpha value is -1.55. The van der Waals surface area contributed by atoms with E-state index in [-0.39, 0.29) is 11.9 Å². The lowest BCUT2D eigenvalue weighted by molar-refractivity contribution is -0.133. The molecule has 1 aromatic carbocycles. The van der Waals surface area contributed by atoms with Crippen LogP contribution in [0.25, 0.3) is 0 Å². The SMILES string of the molecule is Cc1ccc(C)c(N2CCN(C)C(=O)C2CCN)c1. The van der Waals surface area contributed by atoms with E-state index in [0.29, 0.717) is 13.0 Å². The summed E-state index contributed by atoms with van der Waals surface area (Å²) in [5.41, 5.74) is 9.28. The minimum atomic E-state index is -0.121. The lowest BCUT2D eigenvalue weighted by Crippen LogP contribution is -2.56. The molecule has 1 fully saturated rings. The Morgan fingerprint density at radius 1 is 1.32 bits per heavy atom. The molecule has 1 unspecified atom stereocenters. The Labute approximate surface area is 115 Å². The number of nitrogens with two attached hydrogens (primary N) is 1. The fraction of sp³-hybridized carbons (Fsp3) is 0.533. The van der Waals surface area contributed by atoms with E-state index in [9.17, 15) is 4.79 Å². The third kappa shape index (κ3) is 2.73. The summed E-state index contributed by atoms with van der Waals surface area (Å²) in [7, 11) is 1.87. The average Bonchev–Trinajstić information content (AvgIpc) is 2.39. The second-order valence-electron chi connectivity index (χ2n) is 5.34. The predicted octanol–water partition coefficient (Wildman–Crippen LogP) is 1.30. The highest BCUT2D eigenvalue weighted by atomic mass is 16.2. The maximum atomic E-state index is 12.3. The molecule has 1 aromatic rings. The van der Waals surface area contributed by atoms with Crippen LogP contribution in [0.1, 0.15) is 17.5 Å². The molecule has 2 rings (SSSR count). The van der Waals surface area contributed by atoms with Gasteiger partial charge in [-0.2, -0.15) is 0 Å². The first-order valence-electron chi connectivity index (χ1n) is 6.83. The highest BCUT2D eigenvalue weighted by Gasteiger charge is 2.33. The van der Waals surface area contributed by atoms with Crippen molar-refractivity contribution in [3.05, 3.63) is 29.3 Å². The van der Waals surface area contributed by atoms with Gasteiger partial charge in [0.1, 0.15) is 6.04 Å². The Bertz CT molecular complexity index is 472. The molecule has 0 bridgehead atoms. The Morgan fingerprint density at radius 3 is 2.74 bits per heavy atom. The summed E-state index contributed by atoms with van der Waals surface area (Å²) < 4.78 is 0. The molecule has 0 saturated carbocycles. The molecule has 19 heavy (non-hydrogen) atoms. The van der Waals surface area contributed by atoms with Crippen LogP contribution >= 0.6 is 0 Å². The minimum Gasteiger partial charge on any atom is -0.357 e. The smallest absolute Gasteiger partial charge is 0.245 e. The van der Waals surface area contributed by atoms with Gasteiger partial charge in [0.05, 0.1) is 0 Å². The molecule has 1 heterocycles. The normalized spacial score (nSPS) is 20.0. The van der Waals surface area contributed by atoms with Gasteiger partial charge in [0.25, 0.3) is 0 Å². The second-order valence-corrected chi connectivity index (χ2v) is 5.34. The first kappa shape index (κ1) is 13.9. The summed E-state index contributed by atoms with van der Waals surface area (Å²) in [6, 6.07) is 6.27. The number of piperazine rings is 1. The van der Waals surface area contributed by atoms with Crippen LogP contribution in [0.5, 0.6) is 0 Å². The number of rotatable bonds is 3. The van der Waals surface area contributed by atoms with E-state index < -0.39 is 0 Å². The van der Waals surface area contributed by atoms with E-state index in [4.69, 9.17) is 5.73 Å². The van der Waals surface area contributed by atoms with E-state index in [1.165, 1.54) is 16.8 Å². The van der Waals surface area contributed by atoms with Crippen molar-refractivity contribution in [2.45, 2.75) is 26.3 Å². The molecule has 0 aromatic heterocycles. The molecule has 1 amide bonds. The highest BCUT2D eigenvalue weighted by Crippen LogP contribution is 2.27. The number of carbonyl (C=O) groups is 1. The zero-order chi connectivity index (χ0) is 14.0. The van der Waals surface area contributed by atoms with Gasteiger partial charge in [0, 0.05) is 25.8 Å². The fourth-order valence-corrected chi connectivity index (χ4v) is 2.67. The lowest BCUT2D eigenvalue weighted by atomic mass is 10.0. The van der Waals surface area contributed by atoms with Crippen molar-refractivity contribution in [3.63, 3.8) is 0 Å². The van der Waals surface area contributed by atoms with Crippen LogP contribution in [0.4, 0.5) is 5.69 Å². The third-order valence-corrected chi connectivity index (χ3v) is 3.83. The number of benzene rings is 1. The number of hydrogen-bond acceptors (Lipinski definition) is 3. The van der Waals surface area contributed by atoms with Crippen LogP contribution in [-0.2, 0) is 4.79 Å². The topological polar surface area (TPSA) is 49.6 Å². The molecular formula is C15H23N3O. The van der Waals surface area contributed by atoms with Crippen LogP contribution in [0.2, 0.25) is 0 Å². The summed E-state index contributed by atoms with van der Waals surface area (Å²) in [5, 5.41) is 0. The number of nitrogens with zero attached hydrogens (tertiary/aromatic N) is 2. The number of hydrogen-bond donors (Lipinski definition) is 1. The molecule has 0 spiro atoms. The molecular weight excluding hydrogens is 238 g/mol. The number of likely N-dealkylation sites (N-methyl/N-ethyl adjacent to an activating group) is 1. The van der Waals surface area contributed by atoms with E-state index in [2.05, 4.69) is 36.9 Å². The molecule has 1 saturated heterocycles. The summed E-state index contributed by atoms with van der Waals surface area (Å²) in [5.74, 6) is 0.178. The number of aryl methyl sites for hydroxylation is 2. The number of anilines is 1. The maximum absolute atomic E-state index is 12.3. The zero-order valence-electron chi connectivity index (χ0n) is 12.0. The van der Waals surface area contributed by atoms with Gasteiger partial charge < -0.3 is 15.5 Å². The lowest BCUT2D eigenvalue weighted by Gasteiger charge is -2.41. The van der Waals surface area contributed by atoms with Gasteiger partial charge >= 0.3 is 0 Å². The Kier molecular flexibility index (Phi) is 4.10. The third-order valence-electron chi connectivity index (χ3n) is 3.83. The molecule has 2 N–H and O–H groups in total. The van der Waals surface area contributed by atoms with E-state index in [0.717, 1.165) is 13.1 Å². The number of amides is 1. The second kappa shape index (κ2) is 5.61. The van der Waals surface area contributed by atoms with Crippen LogP contribution in [0, 0.1) is 13.8 Å². The first-order valence-corrected chi connectivity index (χ1v) is 6.83. The summed E-state index contributed by atoms with van der Waals surface area (Å²) in [4.78, 5) is 16.4. The Morgan fingerprint density at radius 2 is 2.05 bits per heavy atom. The van der Waals surface area contributed by atoms with Crippen molar-refractivity contribution in [1.29, 1.82) is 0 Å². The summed E-state index contributed by atoms with van der Waals surface area (Å²) in [6.45, 7) is 6.35. The zero-order valence-corrected chi connectivity index (χ0v) is 12.0. The van der Waals surface area contributed by atoms with Crippen LogP contribution < -0.4 is 10.6 Å². The van der Waals surface area contributed by atoms with Crippen molar-refractivity contribution in [1.82, 2.24) is 4.90 Å². The average molecular weight is 261 g/mol. The van der Waals surface area contributed by atoms with Crippen LogP contribution in [-0.4, -0.2) is 43.5 Å². The van der Waals surface area contributed by atoms with Gasteiger partial charge in [-0.3, -0.25) is 4.79 Å². The summed E-state index contributed by atoms with van der Waals surface area (Å²) in [6.07, 6.45) is 0.705. The quantitative estimate of drug-likeness (QED) is 0.892. The molecule has 4 nitrogen and oxygen atoms in total. The molecule has 104 valence electrons. The number of carbonyl (C=O) groups excluding carboxylic acids is 1. The molecule has 4 heteroatoms. The molecule has 1 aliphatic rings. The van der Waals surface area contributed by atoms with Crippen molar-refractivity contribution >= 4 is 11.6 Å². The van der Waals surface area contributed by atoms with Gasteiger partial charge in [-0.1, -0.05) is 12.1 Å². The monoisotopic (exact) mass is 261 g/mol. The van der Waals surface area contributed by atoms with E-state index in [1.54, 1.807) is 0 Å². The minimum absolute atomic E-state index is 0.121. The van der Waals surface area contributed by atoms with Crippen LogP contribution in [0.15, 0.2) is 18.2 Å². The van der Waals surface area contributed by atoms with Crippen molar-refractivity contribution < 1.29 is 4.79 Å². The predicted molar refractivity (Wildman–Crippen MR) is 78.4 cm³/mol. The van der Waals surface area contributed by atoms with Crippen molar-refractivity contribution in [2.75, 3.05) is 31.6 Å². The van der Waals surface area contributed by atoms with Gasteiger partial charge in [-0.15, -0.1) is 0 Å².